The molecule has 5 rings (SSSR count). The molecule has 1 N–H and O–H groups in total. The summed E-state index contributed by atoms with van der Waals surface area (Å²) in [5, 5.41) is 4.55. The highest BCUT2D eigenvalue weighted by molar-refractivity contribution is 5.99. The van der Waals surface area contributed by atoms with Gasteiger partial charge >= 0.3 is 5.97 Å². The first-order valence-electron chi connectivity index (χ1n) is 12.4. The summed E-state index contributed by atoms with van der Waals surface area (Å²) in [4.78, 5) is 12.4. The molecular formula is C28H34N2O4. The fraction of sp³-hybridized carbons (Fsp3) is 0.464. The van der Waals surface area contributed by atoms with Gasteiger partial charge in [0.1, 0.15) is 0 Å². The lowest BCUT2D eigenvalue weighted by Crippen LogP contribution is -2.18. The van der Waals surface area contributed by atoms with Crippen LogP contribution >= 0.6 is 0 Å². The van der Waals surface area contributed by atoms with Crippen LogP contribution in [0.3, 0.4) is 0 Å². The number of nitrogens with one attached hydrogen (secondary N) is 1. The van der Waals surface area contributed by atoms with Gasteiger partial charge in [-0.2, -0.15) is 0 Å². The fourth-order valence-corrected chi connectivity index (χ4v) is 5.66. The van der Waals surface area contributed by atoms with Crippen LogP contribution in [0.15, 0.2) is 42.5 Å². The van der Waals surface area contributed by atoms with Crippen LogP contribution in [0.4, 0.5) is 0 Å². The van der Waals surface area contributed by atoms with Crippen molar-refractivity contribution in [3.05, 3.63) is 59.2 Å². The SMILES string of the molecule is CNCc1ccccc1-c1c(C2CCCCC2)c2ccc(C(=O)OC)cc2n1CC1OCCO1. The molecule has 1 saturated carbocycles. The quantitative estimate of drug-likeness (QED) is 0.487. The van der Waals surface area contributed by atoms with E-state index in [2.05, 4.69) is 40.2 Å². The zero-order valence-corrected chi connectivity index (χ0v) is 20.1. The highest BCUT2D eigenvalue weighted by Crippen LogP contribution is 2.45. The molecule has 2 fully saturated rings. The van der Waals surface area contributed by atoms with Gasteiger partial charge in [-0.3, -0.25) is 0 Å². The molecule has 2 aliphatic rings. The van der Waals surface area contributed by atoms with Crippen LogP contribution in [-0.4, -0.2) is 44.2 Å². The third-order valence-corrected chi connectivity index (χ3v) is 7.20. The van der Waals surface area contributed by atoms with Crippen LogP contribution < -0.4 is 5.32 Å². The molecule has 0 unspecified atom stereocenters. The van der Waals surface area contributed by atoms with Crippen molar-refractivity contribution >= 4 is 16.9 Å². The molecule has 180 valence electrons. The maximum atomic E-state index is 12.4. The number of esters is 1. The molecule has 6 nitrogen and oxygen atoms in total. The molecule has 1 aliphatic carbocycles. The Balaban J connectivity index is 1.79. The standard InChI is InChI=1S/C28H34N2O4/c1-29-17-21-10-6-7-11-22(21)27-26(19-8-4-3-5-9-19)23-13-12-20(28(31)32-2)16-24(23)30(27)18-25-33-14-15-34-25/h6-7,10-13,16,19,25,29H,3-5,8-9,14-15,17-18H2,1-2H3. The molecule has 1 aliphatic heterocycles. The molecule has 1 saturated heterocycles. The minimum Gasteiger partial charge on any atom is -0.465 e. The number of ether oxygens (including phenoxy) is 3. The summed E-state index contributed by atoms with van der Waals surface area (Å²) >= 11 is 0. The lowest BCUT2D eigenvalue weighted by molar-refractivity contribution is -0.0514. The minimum absolute atomic E-state index is 0.299. The van der Waals surface area contributed by atoms with Gasteiger partial charge in [-0.05, 0) is 49.1 Å². The Labute approximate surface area is 201 Å². The van der Waals surface area contributed by atoms with E-state index in [1.54, 1.807) is 0 Å². The van der Waals surface area contributed by atoms with Crippen LogP contribution in [0.5, 0.6) is 0 Å². The van der Waals surface area contributed by atoms with E-state index in [-0.39, 0.29) is 12.3 Å². The normalized spacial score (nSPS) is 17.5. The first kappa shape index (κ1) is 23.1. The number of nitrogens with zero attached hydrogens (tertiary/aromatic N) is 1. The van der Waals surface area contributed by atoms with Crippen molar-refractivity contribution in [1.82, 2.24) is 9.88 Å². The number of fused-ring (bicyclic) bond motifs is 1. The Morgan fingerprint density at radius 3 is 2.59 bits per heavy atom. The molecule has 1 aromatic heterocycles. The van der Waals surface area contributed by atoms with E-state index in [9.17, 15) is 4.79 Å². The Morgan fingerprint density at radius 2 is 1.85 bits per heavy atom. The van der Waals surface area contributed by atoms with Gasteiger partial charge in [-0.15, -0.1) is 0 Å². The second kappa shape index (κ2) is 10.3. The van der Waals surface area contributed by atoms with E-state index in [1.807, 2.05) is 19.2 Å². The maximum Gasteiger partial charge on any atom is 0.337 e. The number of hydrogen-bond acceptors (Lipinski definition) is 5. The van der Waals surface area contributed by atoms with Crippen LogP contribution in [0, 0.1) is 0 Å². The Kier molecular flexibility index (Phi) is 6.99. The van der Waals surface area contributed by atoms with Crippen molar-refractivity contribution in [2.45, 2.75) is 57.4 Å². The predicted octanol–water partition coefficient (Wildman–Crippen LogP) is 5.23. The van der Waals surface area contributed by atoms with Gasteiger partial charge in [-0.25, -0.2) is 4.79 Å². The van der Waals surface area contributed by atoms with Gasteiger partial charge in [0, 0.05) is 23.0 Å². The largest absolute Gasteiger partial charge is 0.465 e. The van der Waals surface area contributed by atoms with Gasteiger partial charge in [0.05, 0.1) is 38.1 Å². The first-order chi connectivity index (χ1) is 16.7. The Hall–Kier alpha value is -2.67. The van der Waals surface area contributed by atoms with E-state index >= 15 is 0 Å². The minimum atomic E-state index is -0.320. The molecular weight excluding hydrogens is 428 g/mol. The highest BCUT2D eigenvalue weighted by Gasteiger charge is 2.29. The summed E-state index contributed by atoms with van der Waals surface area (Å²) in [6, 6.07) is 14.6. The smallest absolute Gasteiger partial charge is 0.337 e. The molecule has 34 heavy (non-hydrogen) atoms. The summed E-state index contributed by atoms with van der Waals surface area (Å²) in [5.74, 6) is 0.170. The van der Waals surface area contributed by atoms with Crippen molar-refractivity contribution in [2.75, 3.05) is 27.4 Å². The number of carbonyl (C=O) groups excluding carboxylic acids is 1. The molecule has 0 spiro atoms. The molecule has 2 aromatic carbocycles. The van der Waals surface area contributed by atoms with E-state index in [4.69, 9.17) is 14.2 Å². The predicted molar refractivity (Wildman–Crippen MR) is 133 cm³/mol. The summed E-state index contributed by atoms with van der Waals surface area (Å²) in [6.07, 6.45) is 5.89. The average molecular weight is 463 g/mol. The van der Waals surface area contributed by atoms with Gasteiger partial charge in [0.25, 0.3) is 0 Å². The second-order valence-corrected chi connectivity index (χ2v) is 9.29. The van der Waals surface area contributed by atoms with E-state index in [0.29, 0.717) is 31.2 Å². The topological polar surface area (TPSA) is 61.7 Å². The fourth-order valence-electron chi connectivity index (χ4n) is 5.66. The molecule has 0 bridgehead atoms. The Bertz CT molecular complexity index is 1160. The zero-order valence-electron chi connectivity index (χ0n) is 20.1. The molecule has 2 heterocycles. The molecule has 6 heteroatoms. The monoisotopic (exact) mass is 462 g/mol. The van der Waals surface area contributed by atoms with E-state index < -0.39 is 0 Å². The number of carbonyl (C=O) groups is 1. The molecule has 3 aromatic rings. The highest BCUT2D eigenvalue weighted by atomic mass is 16.7. The number of benzene rings is 2. The number of aromatic nitrogens is 1. The summed E-state index contributed by atoms with van der Waals surface area (Å²) < 4.78 is 19.1. The Morgan fingerprint density at radius 1 is 1.09 bits per heavy atom. The van der Waals surface area contributed by atoms with Crippen molar-refractivity contribution in [3.8, 4) is 11.3 Å². The zero-order chi connectivity index (χ0) is 23.5. The summed E-state index contributed by atoms with van der Waals surface area (Å²) in [5.41, 5.74) is 6.71. The van der Waals surface area contributed by atoms with Crippen molar-refractivity contribution in [1.29, 1.82) is 0 Å². The lowest BCUT2D eigenvalue weighted by atomic mass is 9.81. The lowest BCUT2D eigenvalue weighted by Gasteiger charge is -2.25. The number of methoxy groups -OCH3 is 1. The molecule has 0 atom stereocenters. The van der Waals surface area contributed by atoms with Crippen LogP contribution in [0.1, 0.15) is 59.5 Å². The van der Waals surface area contributed by atoms with E-state index in [1.165, 1.54) is 67.0 Å². The maximum absolute atomic E-state index is 12.4. The van der Waals surface area contributed by atoms with Crippen LogP contribution in [-0.2, 0) is 27.3 Å². The van der Waals surface area contributed by atoms with Crippen LogP contribution in [0.25, 0.3) is 22.2 Å². The summed E-state index contributed by atoms with van der Waals surface area (Å²) in [6.45, 7) is 2.58. The summed E-state index contributed by atoms with van der Waals surface area (Å²) in [7, 11) is 3.41. The van der Waals surface area contributed by atoms with Crippen molar-refractivity contribution < 1.29 is 19.0 Å². The molecule has 0 radical (unpaired) electrons. The van der Waals surface area contributed by atoms with Crippen molar-refractivity contribution in [3.63, 3.8) is 0 Å². The average Bonchev–Trinajstić information content (AvgIpc) is 3.51. The molecule has 0 amide bonds. The van der Waals surface area contributed by atoms with Crippen molar-refractivity contribution in [2.24, 2.45) is 0 Å². The third kappa shape index (κ3) is 4.38. The van der Waals surface area contributed by atoms with Crippen LogP contribution in [0.2, 0.25) is 0 Å². The van der Waals surface area contributed by atoms with E-state index in [0.717, 1.165) is 12.1 Å². The van der Waals surface area contributed by atoms with Gasteiger partial charge in [-0.1, -0.05) is 49.6 Å². The van der Waals surface area contributed by atoms with Gasteiger partial charge in [0.2, 0.25) is 0 Å². The third-order valence-electron chi connectivity index (χ3n) is 7.20. The number of hydrogen-bond donors (Lipinski definition) is 1. The second-order valence-electron chi connectivity index (χ2n) is 9.29. The van der Waals surface area contributed by atoms with Gasteiger partial charge < -0.3 is 24.1 Å². The first-order valence-corrected chi connectivity index (χ1v) is 12.4. The van der Waals surface area contributed by atoms with Gasteiger partial charge in [0.15, 0.2) is 6.29 Å². The number of rotatable bonds is 7.